The lowest BCUT2D eigenvalue weighted by Gasteiger charge is -2.61. The van der Waals surface area contributed by atoms with Crippen molar-refractivity contribution in [3.63, 3.8) is 0 Å². The normalized spacial score (nSPS) is 32.4. The van der Waals surface area contributed by atoms with Crippen LogP contribution in [-0.2, 0) is 28.0 Å². The van der Waals surface area contributed by atoms with Gasteiger partial charge in [-0.1, -0.05) is 42.5 Å². The largest absolute Gasteiger partial charge is 0.481 e. The number of hydrogen-bond donors (Lipinski definition) is 3. The Morgan fingerprint density at radius 1 is 1.27 bits per heavy atom. The molecule has 1 spiro atoms. The molecule has 4 aliphatic rings. The van der Waals surface area contributed by atoms with Gasteiger partial charge in [0.15, 0.2) is 12.2 Å². The van der Waals surface area contributed by atoms with Crippen molar-refractivity contribution in [2.24, 2.45) is 0 Å². The molecule has 3 N–H and O–H groups in total. The molecule has 0 aromatic heterocycles. The molecule has 2 aliphatic carbocycles. The summed E-state index contributed by atoms with van der Waals surface area (Å²) < 4.78 is 12.2. The monoisotopic (exact) mass is 449 g/mol. The molecule has 2 unspecified atom stereocenters. The Bertz CT molecular complexity index is 1160. The lowest BCUT2D eigenvalue weighted by atomic mass is 9.50. The molecule has 172 valence electrons. The van der Waals surface area contributed by atoms with Crippen molar-refractivity contribution in [3.8, 4) is 5.75 Å². The molecule has 7 nitrogen and oxygen atoms in total. The zero-order valence-corrected chi connectivity index (χ0v) is 18.4. The maximum atomic E-state index is 12.9. The Kier molecular flexibility index (Phi) is 4.52. The number of aliphatic hydroxyl groups is 3. The van der Waals surface area contributed by atoms with E-state index < -0.39 is 29.2 Å². The predicted octanol–water partition coefficient (Wildman–Crippen LogP) is 1.73. The number of ether oxygens (including phenoxy) is 2. The number of hydrogen-bond acceptors (Lipinski definition) is 7. The zero-order chi connectivity index (χ0) is 23.0. The summed E-state index contributed by atoms with van der Waals surface area (Å²) in [7, 11) is 2.03. The highest BCUT2D eigenvalue weighted by Crippen LogP contribution is 2.64. The van der Waals surface area contributed by atoms with E-state index in [4.69, 9.17) is 9.47 Å². The molecule has 2 bridgehead atoms. The first-order valence-corrected chi connectivity index (χ1v) is 11.4. The summed E-state index contributed by atoms with van der Waals surface area (Å²) in [6.07, 6.45) is 1.24. The Balaban J connectivity index is 1.44. The molecule has 2 heterocycles. The molecule has 0 saturated carbocycles. The van der Waals surface area contributed by atoms with Crippen LogP contribution in [0.4, 0.5) is 0 Å². The van der Waals surface area contributed by atoms with Gasteiger partial charge in [0.05, 0.1) is 17.6 Å². The maximum absolute atomic E-state index is 12.9. The van der Waals surface area contributed by atoms with Gasteiger partial charge in [-0.05, 0) is 43.6 Å². The van der Waals surface area contributed by atoms with Gasteiger partial charge >= 0.3 is 5.97 Å². The number of piperidine rings is 1. The SMILES string of the molecule is CN1CCC23c4c5ccc(CO)c4OC2C(OC(=O)[C@H](O)c2ccccc2)=CC[C@@]3(O)[C@H]1C5. The Morgan fingerprint density at radius 3 is 2.82 bits per heavy atom. The van der Waals surface area contributed by atoms with Crippen LogP contribution in [0.15, 0.2) is 54.3 Å². The molecule has 6 rings (SSSR count). The van der Waals surface area contributed by atoms with E-state index in [0.717, 1.165) is 17.7 Å². The standard InChI is InChI=1S/C26H27NO6/c1-27-12-11-25-20-16-7-8-17(14-28)22(20)33-23(25)18(9-10-26(25,31)19(27)13-16)32-24(30)21(29)15-5-3-2-4-6-15/h2-9,19,21,23,28-29,31H,10-14H2,1H3/t19-,21-,23?,25?,26-/m1/s1. The molecule has 7 heteroatoms. The summed E-state index contributed by atoms with van der Waals surface area (Å²) in [5.74, 6) is 0.126. The minimum Gasteiger partial charge on any atom is -0.481 e. The van der Waals surface area contributed by atoms with Crippen LogP contribution in [0.5, 0.6) is 5.75 Å². The number of likely N-dealkylation sites (N-methyl/N-ethyl adjacent to an activating group) is 1. The highest BCUT2D eigenvalue weighted by molar-refractivity contribution is 5.77. The molecule has 33 heavy (non-hydrogen) atoms. The number of esters is 1. The van der Waals surface area contributed by atoms with Crippen LogP contribution in [-0.4, -0.2) is 57.5 Å². The van der Waals surface area contributed by atoms with Crippen molar-refractivity contribution in [1.29, 1.82) is 0 Å². The van der Waals surface area contributed by atoms with Gasteiger partial charge in [-0.3, -0.25) is 0 Å². The van der Waals surface area contributed by atoms with Crippen LogP contribution < -0.4 is 4.74 Å². The third kappa shape index (κ3) is 2.62. The molecule has 5 atom stereocenters. The van der Waals surface area contributed by atoms with Gasteiger partial charge in [0.25, 0.3) is 0 Å². The first-order valence-electron chi connectivity index (χ1n) is 11.4. The van der Waals surface area contributed by atoms with Gasteiger partial charge in [-0.2, -0.15) is 0 Å². The first kappa shape index (κ1) is 20.9. The number of likely N-dealkylation sites (tertiary alicyclic amines) is 1. The van der Waals surface area contributed by atoms with Gasteiger partial charge in [-0.15, -0.1) is 0 Å². The van der Waals surface area contributed by atoms with E-state index in [-0.39, 0.29) is 12.6 Å². The second kappa shape index (κ2) is 7.14. The second-order valence-corrected chi connectivity index (χ2v) is 9.64. The van der Waals surface area contributed by atoms with E-state index in [1.54, 1.807) is 30.3 Å². The van der Waals surface area contributed by atoms with Gasteiger partial charge in [-0.25, -0.2) is 4.79 Å². The average molecular weight is 450 g/mol. The highest BCUT2D eigenvalue weighted by atomic mass is 16.6. The molecule has 1 saturated heterocycles. The van der Waals surface area contributed by atoms with Crippen LogP contribution >= 0.6 is 0 Å². The van der Waals surface area contributed by atoms with Crippen LogP contribution in [0.3, 0.4) is 0 Å². The molecule has 2 aromatic rings. The van der Waals surface area contributed by atoms with Crippen LogP contribution in [0.25, 0.3) is 0 Å². The fourth-order valence-electron chi connectivity index (χ4n) is 6.57. The zero-order valence-electron chi connectivity index (χ0n) is 18.4. The third-order valence-corrected chi connectivity index (χ3v) is 8.18. The fourth-order valence-corrected chi connectivity index (χ4v) is 6.57. The molecular weight excluding hydrogens is 422 g/mol. The van der Waals surface area contributed by atoms with Crippen LogP contribution in [0.1, 0.15) is 41.2 Å². The summed E-state index contributed by atoms with van der Waals surface area (Å²) in [6, 6.07) is 12.4. The number of benzene rings is 2. The molecule has 0 amide bonds. The van der Waals surface area contributed by atoms with Crippen molar-refractivity contribution in [2.45, 2.75) is 55.1 Å². The van der Waals surface area contributed by atoms with Gasteiger partial charge < -0.3 is 29.7 Å². The van der Waals surface area contributed by atoms with Crippen molar-refractivity contribution >= 4 is 5.97 Å². The number of aliphatic hydroxyl groups excluding tert-OH is 2. The van der Waals surface area contributed by atoms with Gasteiger partial charge in [0.1, 0.15) is 11.5 Å². The highest BCUT2D eigenvalue weighted by Gasteiger charge is 2.71. The Hall–Kier alpha value is -2.71. The van der Waals surface area contributed by atoms with E-state index in [2.05, 4.69) is 4.90 Å². The van der Waals surface area contributed by atoms with E-state index in [0.29, 0.717) is 41.9 Å². The summed E-state index contributed by atoms with van der Waals surface area (Å²) in [4.78, 5) is 15.1. The minimum atomic E-state index is -1.42. The summed E-state index contributed by atoms with van der Waals surface area (Å²) in [5.41, 5.74) is 1.28. The summed E-state index contributed by atoms with van der Waals surface area (Å²) in [5, 5.41) is 32.7. The lowest BCUT2D eigenvalue weighted by molar-refractivity contribution is -0.172. The van der Waals surface area contributed by atoms with Crippen LogP contribution in [0.2, 0.25) is 0 Å². The van der Waals surface area contributed by atoms with E-state index in [9.17, 15) is 20.1 Å². The number of rotatable bonds is 4. The van der Waals surface area contributed by atoms with Crippen molar-refractivity contribution < 1.29 is 29.6 Å². The average Bonchev–Trinajstić information content (AvgIpc) is 3.19. The van der Waals surface area contributed by atoms with Gasteiger partial charge in [0, 0.05) is 23.6 Å². The van der Waals surface area contributed by atoms with Crippen LogP contribution in [0, 0.1) is 0 Å². The molecule has 0 radical (unpaired) electrons. The van der Waals surface area contributed by atoms with Crippen molar-refractivity contribution in [2.75, 3.05) is 13.6 Å². The molecular formula is C26H27NO6. The fraction of sp³-hybridized carbons (Fsp3) is 0.423. The van der Waals surface area contributed by atoms with Crippen molar-refractivity contribution in [1.82, 2.24) is 4.90 Å². The lowest BCUT2D eigenvalue weighted by Crippen LogP contribution is -2.74. The molecule has 1 fully saturated rings. The quantitative estimate of drug-likeness (QED) is 0.612. The van der Waals surface area contributed by atoms with E-state index in [1.165, 1.54) is 0 Å². The summed E-state index contributed by atoms with van der Waals surface area (Å²) >= 11 is 0. The second-order valence-electron chi connectivity index (χ2n) is 9.64. The Labute approximate surface area is 191 Å². The van der Waals surface area contributed by atoms with E-state index in [1.807, 2.05) is 25.2 Å². The van der Waals surface area contributed by atoms with E-state index >= 15 is 0 Å². The summed E-state index contributed by atoms with van der Waals surface area (Å²) in [6.45, 7) is 0.585. The number of nitrogens with zero attached hydrogens (tertiary/aromatic N) is 1. The third-order valence-electron chi connectivity index (χ3n) is 8.18. The smallest absolute Gasteiger partial charge is 0.344 e. The number of carbonyl (C=O) groups is 1. The maximum Gasteiger partial charge on any atom is 0.344 e. The predicted molar refractivity (Wildman–Crippen MR) is 118 cm³/mol. The molecule has 2 aromatic carbocycles. The molecule has 2 aliphatic heterocycles. The topological polar surface area (TPSA) is 99.5 Å². The Morgan fingerprint density at radius 2 is 2.06 bits per heavy atom. The minimum absolute atomic E-state index is 0.0980. The first-order chi connectivity index (χ1) is 15.9. The van der Waals surface area contributed by atoms with Crippen molar-refractivity contribution in [3.05, 3.63) is 76.6 Å². The number of carbonyl (C=O) groups excluding carboxylic acids is 1. The van der Waals surface area contributed by atoms with Gasteiger partial charge in [0.2, 0.25) is 0 Å².